The van der Waals surface area contributed by atoms with Crippen LogP contribution in [0.5, 0.6) is 0 Å². The van der Waals surface area contributed by atoms with Crippen LogP contribution in [0.15, 0.2) is 42.9 Å². The summed E-state index contributed by atoms with van der Waals surface area (Å²) in [5.41, 5.74) is 4.63. The van der Waals surface area contributed by atoms with Gasteiger partial charge in [-0.1, -0.05) is 5.21 Å². The Balaban J connectivity index is 1.61. The van der Waals surface area contributed by atoms with Gasteiger partial charge in [-0.05, 0) is 50.6 Å². The number of hydrogen-bond donors (Lipinski definition) is 1. The summed E-state index contributed by atoms with van der Waals surface area (Å²) in [5, 5.41) is 11.2. The average Bonchev–Trinajstić information content (AvgIpc) is 3.28. The monoisotopic (exact) mass is 391 g/mol. The average molecular weight is 391 g/mol. The smallest absolute Gasteiger partial charge is 0.277 e. The molecule has 9 heteroatoms. The Morgan fingerprint density at radius 1 is 1.11 bits per heavy atom. The van der Waals surface area contributed by atoms with E-state index < -0.39 is 0 Å². The van der Waals surface area contributed by atoms with E-state index in [2.05, 4.69) is 30.6 Å². The largest absolute Gasteiger partial charge is 0.296 e. The SMILES string of the molecule is Cc1cc(C)nc(-c2nc(NC(=O)c3cnnn3-c3ccncc3)sc2C)c1. The van der Waals surface area contributed by atoms with Gasteiger partial charge >= 0.3 is 0 Å². The van der Waals surface area contributed by atoms with E-state index in [1.807, 2.05) is 32.9 Å². The van der Waals surface area contributed by atoms with Gasteiger partial charge < -0.3 is 0 Å². The Kier molecular flexibility index (Phi) is 4.66. The normalized spacial score (nSPS) is 10.8. The quantitative estimate of drug-likeness (QED) is 0.573. The fourth-order valence-electron chi connectivity index (χ4n) is 2.88. The third kappa shape index (κ3) is 3.52. The Hall–Kier alpha value is -3.46. The van der Waals surface area contributed by atoms with E-state index >= 15 is 0 Å². The lowest BCUT2D eigenvalue weighted by Crippen LogP contribution is -2.16. The molecule has 0 aliphatic carbocycles. The number of anilines is 1. The zero-order chi connectivity index (χ0) is 19.7. The lowest BCUT2D eigenvalue weighted by Gasteiger charge is -2.05. The fourth-order valence-corrected chi connectivity index (χ4v) is 3.69. The lowest BCUT2D eigenvalue weighted by atomic mass is 10.2. The molecule has 0 fully saturated rings. The molecule has 0 atom stereocenters. The molecule has 28 heavy (non-hydrogen) atoms. The molecule has 0 bridgehead atoms. The van der Waals surface area contributed by atoms with E-state index in [0.29, 0.717) is 16.5 Å². The van der Waals surface area contributed by atoms with E-state index in [1.54, 1.807) is 24.5 Å². The second-order valence-corrected chi connectivity index (χ2v) is 7.49. The Bertz CT molecular complexity index is 1130. The maximum atomic E-state index is 12.8. The number of carbonyl (C=O) groups excluding carboxylic acids is 1. The van der Waals surface area contributed by atoms with Crippen LogP contribution in [0.4, 0.5) is 5.13 Å². The van der Waals surface area contributed by atoms with Gasteiger partial charge in [-0.2, -0.15) is 0 Å². The van der Waals surface area contributed by atoms with E-state index in [0.717, 1.165) is 27.5 Å². The first-order valence-corrected chi connectivity index (χ1v) is 9.38. The van der Waals surface area contributed by atoms with Gasteiger partial charge in [0.25, 0.3) is 5.91 Å². The van der Waals surface area contributed by atoms with Crippen molar-refractivity contribution < 1.29 is 4.79 Å². The highest BCUT2D eigenvalue weighted by molar-refractivity contribution is 7.16. The molecule has 0 aromatic carbocycles. The number of amides is 1. The van der Waals surface area contributed by atoms with Gasteiger partial charge in [0.2, 0.25) is 0 Å². The number of thiazole rings is 1. The molecule has 4 heterocycles. The van der Waals surface area contributed by atoms with Gasteiger partial charge in [0.05, 0.1) is 17.6 Å². The molecule has 0 unspecified atom stereocenters. The number of pyridine rings is 2. The number of aromatic nitrogens is 6. The molecule has 0 saturated carbocycles. The minimum absolute atomic E-state index is 0.310. The van der Waals surface area contributed by atoms with Crippen molar-refractivity contribution in [3.63, 3.8) is 0 Å². The van der Waals surface area contributed by atoms with Crippen molar-refractivity contribution in [2.75, 3.05) is 5.32 Å². The minimum Gasteiger partial charge on any atom is -0.296 e. The van der Waals surface area contributed by atoms with Crippen molar-refractivity contribution >= 4 is 22.4 Å². The number of hydrogen-bond acceptors (Lipinski definition) is 7. The van der Waals surface area contributed by atoms with Crippen molar-refractivity contribution in [3.8, 4) is 17.1 Å². The van der Waals surface area contributed by atoms with Gasteiger partial charge in [0, 0.05) is 23.0 Å². The molecule has 140 valence electrons. The zero-order valence-electron chi connectivity index (χ0n) is 15.5. The topological polar surface area (TPSA) is 98.5 Å². The summed E-state index contributed by atoms with van der Waals surface area (Å²) in [6.07, 6.45) is 4.68. The fraction of sp³-hybridized carbons (Fsp3) is 0.158. The predicted molar refractivity (Wildman–Crippen MR) is 107 cm³/mol. The molecular formula is C19H17N7OS. The van der Waals surface area contributed by atoms with Crippen molar-refractivity contribution in [2.45, 2.75) is 20.8 Å². The van der Waals surface area contributed by atoms with Crippen molar-refractivity contribution in [2.24, 2.45) is 0 Å². The standard InChI is InChI=1S/C19H17N7OS/c1-11-8-12(2)22-15(9-11)17-13(3)28-19(23-17)24-18(27)16-10-21-25-26(16)14-4-6-20-7-5-14/h4-10H,1-3H3,(H,23,24,27). The first kappa shape index (κ1) is 17.9. The highest BCUT2D eigenvalue weighted by Gasteiger charge is 2.18. The molecule has 0 radical (unpaired) electrons. The summed E-state index contributed by atoms with van der Waals surface area (Å²) >= 11 is 1.41. The van der Waals surface area contributed by atoms with Crippen LogP contribution in [0.1, 0.15) is 26.6 Å². The van der Waals surface area contributed by atoms with Crippen LogP contribution in [0.2, 0.25) is 0 Å². The molecule has 1 amide bonds. The molecular weight excluding hydrogens is 374 g/mol. The maximum Gasteiger partial charge on any atom is 0.277 e. The van der Waals surface area contributed by atoms with Crippen LogP contribution in [0.25, 0.3) is 17.1 Å². The van der Waals surface area contributed by atoms with Gasteiger partial charge in [-0.25, -0.2) is 9.67 Å². The van der Waals surface area contributed by atoms with Crippen LogP contribution in [0, 0.1) is 20.8 Å². The minimum atomic E-state index is -0.338. The first-order valence-electron chi connectivity index (χ1n) is 8.57. The second-order valence-electron chi connectivity index (χ2n) is 6.29. The number of carbonyl (C=O) groups is 1. The molecule has 4 rings (SSSR count). The van der Waals surface area contributed by atoms with Gasteiger partial charge in [0.1, 0.15) is 5.69 Å². The molecule has 4 aromatic rings. The van der Waals surface area contributed by atoms with E-state index in [4.69, 9.17) is 0 Å². The highest BCUT2D eigenvalue weighted by Crippen LogP contribution is 2.30. The summed E-state index contributed by atoms with van der Waals surface area (Å²) in [7, 11) is 0. The van der Waals surface area contributed by atoms with Crippen LogP contribution in [-0.2, 0) is 0 Å². The lowest BCUT2D eigenvalue weighted by molar-refractivity contribution is 0.101. The Morgan fingerprint density at radius 2 is 1.89 bits per heavy atom. The molecule has 1 N–H and O–H groups in total. The van der Waals surface area contributed by atoms with Crippen molar-refractivity contribution in [1.82, 2.24) is 29.9 Å². The number of rotatable bonds is 4. The Morgan fingerprint density at radius 3 is 2.64 bits per heavy atom. The number of nitrogens with one attached hydrogen (secondary N) is 1. The highest BCUT2D eigenvalue weighted by atomic mass is 32.1. The summed E-state index contributed by atoms with van der Waals surface area (Å²) in [4.78, 5) is 26.9. The van der Waals surface area contributed by atoms with Crippen molar-refractivity contribution in [3.05, 3.63) is 64.7 Å². The van der Waals surface area contributed by atoms with Crippen LogP contribution < -0.4 is 5.32 Å². The maximum absolute atomic E-state index is 12.8. The molecule has 0 saturated heterocycles. The molecule has 0 spiro atoms. The summed E-state index contributed by atoms with van der Waals surface area (Å²) in [6, 6.07) is 7.51. The van der Waals surface area contributed by atoms with E-state index in [-0.39, 0.29) is 5.91 Å². The zero-order valence-corrected chi connectivity index (χ0v) is 16.4. The number of nitrogens with zero attached hydrogens (tertiary/aromatic N) is 6. The molecule has 0 aliphatic heterocycles. The third-order valence-corrected chi connectivity index (χ3v) is 4.93. The third-order valence-electron chi connectivity index (χ3n) is 4.05. The molecule has 4 aromatic heterocycles. The van der Waals surface area contributed by atoms with Crippen LogP contribution in [-0.4, -0.2) is 35.9 Å². The predicted octanol–water partition coefficient (Wildman–Crippen LogP) is 3.36. The first-order chi connectivity index (χ1) is 13.5. The molecule has 0 aliphatic rings. The number of aryl methyl sites for hydroxylation is 3. The second kappa shape index (κ2) is 7.28. The van der Waals surface area contributed by atoms with Gasteiger partial charge in [0.15, 0.2) is 10.8 Å². The van der Waals surface area contributed by atoms with Crippen molar-refractivity contribution in [1.29, 1.82) is 0 Å². The van der Waals surface area contributed by atoms with E-state index in [1.165, 1.54) is 22.2 Å². The summed E-state index contributed by atoms with van der Waals surface area (Å²) < 4.78 is 1.46. The molecule has 8 nitrogen and oxygen atoms in total. The summed E-state index contributed by atoms with van der Waals surface area (Å²) in [5.74, 6) is -0.338. The van der Waals surface area contributed by atoms with E-state index in [9.17, 15) is 4.79 Å². The van der Waals surface area contributed by atoms with Crippen LogP contribution >= 0.6 is 11.3 Å². The van der Waals surface area contributed by atoms with Gasteiger partial charge in [-0.3, -0.25) is 20.1 Å². The summed E-state index contributed by atoms with van der Waals surface area (Å²) in [6.45, 7) is 5.94. The van der Waals surface area contributed by atoms with Gasteiger partial charge in [-0.15, -0.1) is 16.4 Å². The Labute approximate surface area is 165 Å². The van der Waals surface area contributed by atoms with Crippen LogP contribution in [0.3, 0.4) is 0 Å².